The summed E-state index contributed by atoms with van der Waals surface area (Å²) in [5.41, 5.74) is 3.42. The lowest BCUT2D eigenvalue weighted by molar-refractivity contribution is -0.122. The minimum Gasteiger partial charge on any atom is -0.497 e. The molecule has 1 unspecified atom stereocenters. The maximum Gasteiger partial charge on any atom is 0.227 e. The number of ether oxygens (including phenoxy) is 1. The molecule has 1 aliphatic carbocycles. The van der Waals surface area contributed by atoms with Crippen LogP contribution in [0.15, 0.2) is 53.1 Å². The van der Waals surface area contributed by atoms with Crippen molar-refractivity contribution in [2.75, 3.05) is 7.11 Å². The van der Waals surface area contributed by atoms with Crippen LogP contribution in [0.5, 0.6) is 5.75 Å². The minimum atomic E-state index is 0.00546. The van der Waals surface area contributed by atoms with Gasteiger partial charge in [-0.3, -0.25) is 4.79 Å². The summed E-state index contributed by atoms with van der Waals surface area (Å²) in [6.45, 7) is 0. The molecule has 1 amide bonds. The van der Waals surface area contributed by atoms with Gasteiger partial charge in [-0.15, -0.1) is 0 Å². The van der Waals surface area contributed by atoms with Gasteiger partial charge in [-0.05, 0) is 54.7 Å². The van der Waals surface area contributed by atoms with Crippen LogP contribution in [0.25, 0.3) is 11.4 Å². The number of nitrogens with zero attached hydrogens (tertiary/aromatic N) is 2. The van der Waals surface area contributed by atoms with Crippen molar-refractivity contribution < 1.29 is 14.1 Å². The van der Waals surface area contributed by atoms with Gasteiger partial charge in [0.1, 0.15) is 5.75 Å². The molecule has 0 spiro atoms. The van der Waals surface area contributed by atoms with Gasteiger partial charge in [-0.2, -0.15) is 4.98 Å². The zero-order valence-electron chi connectivity index (χ0n) is 15.9. The highest BCUT2D eigenvalue weighted by Gasteiger charge is 2.21. The summed E-state index contributed by atoms with van der Waals surface area (Å²) >= 11 is 0. The Bertz CT molecular complexity index is 950. The molecule has 0 fully saturated rings. The number of nitrogens with one attached hydrogen (secondary N) is 1. The summed E-state index contributed by atoms with van der Waals surface area (Å²) in [6, 6.07) is 15.9. The van der Waals surface area contributed by atoms with E-state index in [1.54, 1.807) is 7.11 Å². The van der Waals surface area contributed by atoms with Crippen molar-refractivity contribution in [2.24, 2.45) is 0 Å². The second-order valence-electron chi connectivity index (χ2n) is 6.95. The summed E-state index contributed by atoms with van der Waals surface area (Å²) in [4.78, 5) is 16.8. The van der Waals surface area contributed by atoms with Crippen molar-refractivity contribution in [1.29, 1.82) is 0 Å². The van der Waals surface area contributed by atoms with E-state index in [2.05, 4.69) is 33.7 Å². The first-order valence-electron chi connectivity index (χ1n) is 9.57. The Hall–Kier alpha value is -3.15. The predicted molar refractivity (Wildman–Crippen MR) is 105 cm³/mol. The van der Waals surface area contributed by atoms with Crippen LogP contribution >= 0.6 is 0 Å². The van der Waals surface area contributed by atoms with Gasteiger partial charge in [-0.1, -0.05) is 29.4 Å². The lowest BCUT2D eigenvalue weighted by atomic mass is 9.87. The molecule has 28 heavy (non-hydrogen) atoms. The third-order valence-corrected chi connectivity index (χ3v) is 5.09. The van der Waals surface area contributed by atoms with Crippen LogP contribution in [-0.2, 0) is 17.6 Å². The molecule has 0 bridgehead atoms. The van der Waals surface area contributed by atoms with E-state index >= 15 is 0 Å². The molecule has 1 aromatic heterocycles. The van der Waals surface area contributed by atoms with E-state index in [4.69, 9.17) is 9.26 Å². The Labute approximate surface area is 163 Å². The zero-order valence-corrected chi connectivity index (χ0v) is 15.9. The Kier molecular flexibility index (Phi) is 5.37. The van der Waals surface area contributed by atoms with E-state index in [1.807, 2.05) is 30.3 Å². The first kappa shape index (κ1) is 18.2. The summed E-state index contributed by atoms with van der Waals surface area (Å²) in [6.07, 6.45) is 3.90. The first-order valence-corrected chi connectivity index (χ1v) is 9.57. The Morgan fingerprint density at radius 2 is 2.04 bits per heavy atom. The maximum absolute atomic E-state index is 12.4. The van der Waals surface area contributed by atoms with Crippen molar-refractivity contribution in [3.63, 3.8) is 0 Å². The molecule has 0 saturated carbocycles. The van der Waals surface area contributed by atoms with Crippen LogP contribution in [0.2, 0.25) is 0 Å². The number of aromatic nitrogens is 2. The molecule has 6 heteroatoms. The highest BCUT2D eigenvalue weighted by Crippen LogP contribution is 2.29. The molecular formula is C22H23N3O3. The number of aryl methyl sites for hydroxylation is 2. The monoisotopic (exact) mass is 377 g/mol. The highest BCUT2D eigenvalue weighted by molar-refractivity contribution is 5.76. The quantitative estimate of drug-likeness (QED) is 0.706. The summed E-state index contributed by atoms with van der Waals surface area (Å²) in [7, 11) is 1.62. The molecule has 0 radical (unpaired) electrons. The molecule has 0 aliphatic heterocycles. The topological polar surface area (TPSA) is 77.2 Å². The summed E-state index contributed by atoms with van der Waals surface area (Å²) in [5.74, 6) is 1.75. The number of rotatable bonds is 6. The van der Waals surface area contributed by atoms with Gasteiger partial charge in [0.05, 0.1) is 13.2 Å². The van der Waals surface area contributed by atoms with Crippen LogP contribution in [0.1, 0.15) is 42.3 Å². The van der Waals surface area contributed by atoms with Crippen LogP contribution < -0.4 is 10.1 Å². The van der Waals surface area contributed by atoms with Crippen molar-refractivity contribution >= 4 is 5.91 Å². The molecule has 1 heterocycles. The highest BCUT2D eigenvalue weighted by atomic mass is 16.5. The fourth-order valence-corrected chi connectivity index (χ4v) is 3.60. The lowest BCUT2D eigenvalue weighted by Gasteiger charge is -2.26. The van der Waals surface area contributed by atoms with E-state index in [0.717, 1.165) is 30.6 Å². The molecular weight excluding hydrogens is 354 g/mol. The van der Waals surface area contributed by atoms with Crippen molar-refractivity contribution in [2.45, 2.75) is 38.1 Å². The number of methoxy groups -OCH3 is 1. The van der Waals surface area contributed by atoms with E-state index < -0.39 is 0 Å². The van der Waals surface area contributed by atoms with Crippen molar-refractivity contribution in [3.05, 3.63) is 65.5 Å². The van der Waals surface area contributed by atoms with Gasteiger partial charge in [0.2, 0.25) is 17.6 Å². The molecule has 4 rings (SSSR count). The largest absolute Gasteiger partial charge is 0.497 e. The Morgan fingerprint density at radius 1 is 1.21 bits per heavy atom. The van der Waals surface area contributed by atoms with Crippen LogP contribution in [0.4, 0.5) is 0 Å². The second kappa shape index (κ2) is 8.25. The lowest BCUT2D eigenvalue weighted by Crippen LogP contribution is -2.31. The Morgan fingerprint density at radius 3 is 2.86 bits per heavy atom. The number of amides is 1. The number of carbonyl (C=O) groups is 1. The van der Waals surface area contributed by atoms with Gasteiger partial charge >= 0.3 is 0 Å². The molecule has 0 saturated heterocycles. The Balaban J connectivity index is 1.34. The standard InChI is InChI=1S/C22H23N3O3/c1-27-17-11-9-16(10-12-17)22-24-21(28-25-22)14-13-20(26)23-19-8-4-6-15-5-2-3-7-18(15)19/h2-3,5,7,9-12,19H,4,6,8,13-14H2,1H3,(H,23,26). The van der Waals surface area contributed by atoms with E-state index in [0.29, 0.717) is 24.6 Å². The zero-order chi connectivity index (χ0) is 19.3. The van der Waals surface area contributed by atoms with E-state index in [1.165, 1.54) is 11.1 Å². The SMILES string of the molecule is COc1ccc(-c2noc(CCC(=O)NC3CCCc4ccccc43)n2)cc1. The van der Waals surface area contributed by atoms with Gasteiger partial charge in [0.15, 0.2) is 0 Å². The molecule has 1 aliphatic rings. The van der Waals surface area contributed by atoms with Crippen molar-refractivity contribution in [1.82, 2.24) is 15.5 Å². The van der Waals surface area contributed by atoms with E-state index in [9.17, 15) is 4.79 Å². The first-order chi connectivity index (χ1) is 13.7. The molecule has 1 atom stereocenters. The third kappa shape index (κ3) is 4.06. The third-order valence-electron chi connectivity index (χ3n) is 5.09. The molecule has 3 aromatic rings. The maximum atomic E-state index is 12.4. The molecule has 6 nitrogen and oxygen atoms in total. The number of benzene rings is 2. The molecule has 1 N–H and O–H groups in total. The average molecular weight is 377 g/mol. The fraction of sp³-hybridized carbons (Fsp3) is 0.318. The van der Waals surface area contributed by atoms with E-state index in [-0.39, 0.29) is 11.9 Å². The molecule has 2 aromatic carbocycles. The van der Waals surface area contributed by atoms with Gasteiger partial charge in [0, 0.05) is 18.4 Å². The number of hydrogen-bond acceptors (Lipinski definition) is 5. The van der Waals surface area contributed by atoms with Crippen molar-refractivity contribution in [3.8, 4) is 17.1 Å². The summed E-state index contributed by atoms with van der Waals surface area (Å²) in [5, 5.41) is 7.16. The molecule has 144 valence electrons. The van der Waals surface area contributed by atoms with Crippen LogP contribution in [0, 0.1) is 0 Å². The second-order valence-corrected chi connectivity index (χ2v) is 6.95. The predicted octanol–water partition coefficient (Wildman–Crippen LogP) is 3.87. The normalized spacial score (nSPS) is 15.7. The number of carbonyl (C=O) groups excluding carboxylic acids is 1. The fourth-order valence-electron chi connectivity index (χ4n) is 3.60. The minimum absolute atomic E-state index is 0.00546. The summed E-state index contributed by atoms with van der Waals surface area (Å²) < 4.78 is 10.5. The van der Waals surface area contributed by atoms with Crippen LogP contribution in [-0.4, -0.2) is 23.2 Å². The van der Waals surface area contributed by atoms with Gasteiger partial charge < -0.3 is 14.6 Å². The number of hydrogen-bond donors (Lipinski definition) is 1. The number of fused-ring (bicyclic) bond motifs is 1. The van der Waals surface area contributed by atoms with Gasteiger partial charge in [0.25, 0.3) is 0 Å². The average Bonchev–Trinajstić information content (AvgIpc) is 3.22. The van der Waals surface area contributed by atoms with Crippen LogP contribution in [0.3, 0.4) is 0 Å². The smallest absolute Gasteiger partial charge is 0.227 e. The van der Waals surface area contributed by atoms with Gasteiger partial charge in [-0.25, -0.2) is 0 Å².